The molecule has 0 saturated carbocycles. The number of nitrogens with one attached hydrogen (secondary N) is 2. The van der Waals surface area contributed by atoms with Crippen molar-refractivity contribution in [3.63, 3.8) is 0 Å². The van der Waals surface area contributed by atoms with Crippen LogP contribution in [0.3, 0.4) is 0 Å². The maximum atomic E-state index is 13.5. The Kier molecular flexibility index (Phi) is 12.1. The van der Waals surface area contributed by atoms with Gasteiger partial charge in [0.05, 0.1) is 6.61 Å². The van der Waals surface area contributed by atoms with Crippen LogP contribution in [0.2, 0.25) is 5.02 Å². The van der Waals surface area contributed by atoms with E-state index in [0.717, 1.165) is 66.2 Å². The van der Waals surface area contributed by atoms with Crippen molar-refractivity contribution in [2.75, 3.05) is 26.3 Å². The van der Waals surface area contributed by atoms with Crippen molar-refractivity contribution >= 4 is 23.4 Å². The molecule has 0 aromatic heterocycles. The molecule has 2 N–H and O–H groups in total. The molecular weight excluding hydrogens is 550 g/mol. The lowest BCUT2D eigenvalue weighted by atomic mass is 10.1. The van der Waals surface area contributed by atoms with E-state index in [2.05, 4.69) is 17.6 Å². The molecule has 0 aliphatic carbocycles. The Labute approximate surface area is 254 Å². The highest BCUT2D eigenvalue weighted by Crippen LogP contribution is 2.23. The van der Waals surface area contributed by atoms with Crippen LogP contribution in [0.15, 0.2) is 66.7 Å². The molecule has 1 heterocycles. The molecule has 224 valence electrons. The molecule has 4 rings (SSSR count). The number of benzene rings is 3. The van der Waals surface area contributed by atoms with Crippen molar-refractivity contribution in [1.29, 1.82) is 0 Å². The summed E-state index contributed by atoms with van der Waals surface area (Å²) in [6.45, 7) is 7.15. The van der Waals surface area contributed by atoms with Crippen molar-refractivity contribution in [2.24, 2.45) is 0 Å². The number of hydrogen-bond acceptors (Lipinski definition) is 5. The lowest BCUT2D eigenvalue weighted by Crippen LogP contribution is -2.49. The van der Waals surface area contributed by atoms with Crippen LogP contribution in [0, 0.1) is 6.92 Å². The van der Waals surface area contributed by atoms with E-state index in [0.29, 0.717) is 31.9 Å². The van der Waals surface area contributed by atoms with E-state index in [1.807, 2.05) is 73.7 Å². The molecular formula is C34H42ClN3O4. The summed E-state index contributed by atoms with van der Waals surface area (Å²) < 4.78 is 11.7. The maximum Gasteiger partial charge on any atom is 0.261 e. The molecule has 2 amide bonds. The second-order valence-electron chi connectivity index (χ2n) is 10.8. The molecule has 7 nitrogen and oxygen atoms in total. The average Bonchev–Trinajstić information content (AvgIpc) is 3.22. The van der Waals surface area contributed by atoms with Gasteiger partial charge in [-0.3, -0.25) is 9.59 Å². The summed E-state index contributed by atoms with van der Waals surface area (Å²) in [5.41, 5.74) is 4.33. The lowest BCUT2D eigenvalue weighted by molar-refractivity contribution is -0.142. The molecule has 0 unspecified atom stereocenters. The SMILES string of the molecule is CCCOc1ccc(CN(C(=O)COc2ccc(CNCCc3ccc(Cl)cc3)cc2)[C@H]2CCCCNC2=O)cc1C. The topological polar surface area (TPSA) is 79.9 Å². The third-order valence-electron chi connectivity index (χ3n) is 7.38. The Balaban J connectivity index is 1.33. The minimum Gasteiger partial charge on any atom is -0.493 e. The van der Waals surface area contributed by atoms with Crippen LogP contribution in [0.5, 0.6) is 11.5 Å². The molecule has 8 heteroatoms. The number of rotatable bonds is 14. The van der Waals surface area contributed by atoms with Crippen molar-refractivity contribution in [2.45, 2.75) is 65.1 Å². The Morgan fingerprint density at radius 1 is 1.00 bits per heavy atom. The normalized spacial score (nSPS) is 15.0. The molecule has 0 bridgehead atoms. The van der Waals surface area contributed by atoms with Gasteiger partial charge >= 0.3 is 0 Å². The monoisotopic (exact) mass is 591 g/mol. The molecule has 1 saturated heterocycles. The molecule has 1 fully saturated rings. The molecule has 3 aromatic rings. The van der Waals surface area contributed by atoms with Crippen LogP contribution < -0.4 is 20.1 Å². The maximum absolute atomic E-state index is 13.5. The third kappa shape index (κ3) is 9.50. The average molecular weight is 592 g/mol. The fraction of sp³-hybridized carbons (Fsp3) is 0.412. The van der Waals surface area contributed by atoms with E-state index in [1.165, 1.54) is 5.56 Å². The van der Waals surface area contributed by atoms with Gasteiger partial charge in [0, 0.05) is 24.7 Å². The number of hydrogen-bond donors (Lipinski definition) is 2. The second-order valence-corrected chi connectivity index (χ2v) is 11.2. The van der Waals surface area contributed by atoms with Gasteiger partial charge in [-0.05, 0) is 98.2 Å². The zero-order chi connectivity index (χ0) is 29.7. The first-order chi connectivity index (χ1) is 20.4. The number of ether oxygens (including phenoxy) is 2. The summed E-state index contributed by atoms with van der Waals surface area (Å²) in [4.78, 5) is 28.1. The van der Waals surface area contributed by atoms with Gasteiger partial charge in [-0.15, -0.1) is 0 Å². The standard InChI is InChI=1S/C34H42ClN3O4/c1-3-20-41-32-16-11-28(21-25(32)2)23-38(31-6-4-5-18-37-34(31)40)33(39)24-42-30-14-9-27(10-15-30)22-36-19-17-26-7-12-29(35)13-8-26/h7-16,21,31,36H,3-6,17-20,22-24H2,1-2H3,(H,37,40)/t31-/m0/s1. The first-order valence-electron chi connectivity index (χ1n) is 14.9. The van der Waals surface area contributed by atoms with Gasteiger partial charge in [0.2, 0.25) is 5.91 Å². The predicted octanol–water partition coefficient (Wildman–Crippen LogP) is 5.85. The second kappa shape index (κ2) is 16.2. The van der Waals surface area contributed by atoms with Gasteiger partial charge < -0.3 is 25.0 Å². The number of halogens is 1. The first-order valence-corrected chi connectivity index (χ1v) is 15.3. The van der Waals surface area contributed by atoms with Crippen molar-refractivity contribution < 1.29 is 19.1 Å². The van der Waals surface area contributed by atoms with Crippen molar-refractivity contribution in [3.8, 4) is 11.5 Å². The van der Waals surface area contributed by atoms with Crippen LogP contribution in [-0.2, 0) is 29.1 Å². The number of carbonyl (C=O) groups excluding carboxylic acids is 2. The molecule has 1 aliphatic rings. The van der Waals surface area contributed by atoms with Crippen LogP contribution >= 0.6 is 11.6 Å². The zero-order valence-corrected chi connectivity index (χ0v) is 25.4. The highest BCUT2D eigenvalue weighted by atomic mass is 35.5. The van der Waals surface area contributed by atoms with Crippen LogP contribution in [0.1, 0.15) is 54.9 Å². The molecule has 0 radical (unpaired) electrons. The Morgan fingerprint density at radius 2 is 1.74 bits per heavy atom. The smallest absolute Gasteiger partial charge is 0.261 e. The number of aryl methyl sites for hydroxylation is 1. The zero-order valence-electron chi connectivity index (χ0n) is 24.7. The summed E-state index contributed by atoms with van der Waals surface area (Å²) in [5, 5.41) is 7.17. The number of amides is 2. The summed E-state index contributed by atoms with van der Waals surface area (Å²) in [5.74, 6) is 1.14. The molecule has 42 heavy (non-hydrogen) atoms. The van der Waals surface area contributed by atoms with Crippen molar-refractivity contribution in [3.05, 3.63) is 94.0 Å². The van der Waals surface area contributed by atoms with Gasteiger partial charge in [0.1, 0.15) is 17.5 Å². The summed E-state index contributed by atoms with van der Waals surface area (Å²) in [7, 11) is 0. The minimum absolute atomic E-state index is 0.103. The van der Waals surface area contributed by atoms with Crippen molar-refractivity contribution in [1.82, 2.24) is 15.5 Å². The van der Waals surface area contributed by atoms with E-state index in [4.69, 9.17) is 21.1 Å². The molecule has 3 aromatic carbocycles. The van der Waals surface area contributed by atoms with E-state index >= 15 is 0 Å². The largest absolute Gasteiger partial charge is 0.493 e. The van der Waals surface area contributed by atoms with E-state index in [-0.39, 0.29) is 18.4 Å². The van der Waals surface area contributed by atoms with E-state index in [9.17, 15) is 9.59 Å². The molecule has 1 atom stereocenters. The van der Waals surface area contributed by atoms with Gasteiger partial charge in [-0.1, -0.05) is 54.9 Å². The van der Waals surface area contributed by atoms with Crippen LogP contribution in [-0.4, -0.2) is 49.1 Å². The first kappa shape index (κ1) is 31.4. The lowest BCUT2D eigenvalue weighted by Gasteiger charge is -2.30. The van der Waals surface area contributed by atoms with Gasteiger partial charge in [0.15, 0.2) is 6.61 Å². The predicted molar refractivity (Wildman–Crippen MR) is 167 cm³/mol. The number of carbonyl (C=O) groups is 2. The number of nitrogens with zero attached hydrogens (tertiary/aromatic N) is 1. The third-order valence-corrected chi connectivity index (χ3v) is 7.63. The van der Waals surface area contributed by atoms with E-state index in [1.54, 1.807) is 4.90 Å². The van der Waals surface area contributed by atoms with Gasteiger partial charge in [-0.2, -0.15) is 0 Å². The fourth-order valence-electron chi connectivity index (χ4n) is 5.02. The molecule has 0 spiro atoms. The summed E-state index contributed by atoms with van der Waals surface area (Å²) in [6, 6.07) is 21.1. The summed E-state index contributed by atoms with van der Waals surface area (Å²) in [6.07, 6.45) is 4.28. The van der Waals surface area contributed by atoms with Crippen LogP contribution in [0.4, 0.5) is 0 Å². The Bertz CT molecular complexity index is 1300. The van der Waals surface area contributed by atoms with Crippen LogP contribution in [0.25, 0.3) is 0 Å². The highest BCUT2D eigenvalue weighted by molar-refractivity contribution is 6.30. The highest BCUT2D eigenvalue weighted by Gasteiger charge is 2.31. The fourth-order valence-corrected chi connectivity index (χ4v) is 5.15. The van der Waals surface area contributed by atoms with E-state index < -0.39 is 6.04 Å². The quantitative estimate of drug-likeness (QED) is 0.230. The molecule has 1 aliphatic heterocycles. The Morgan fingerprint density at radius 3 is 2.48 bits per heavy atom. The minimum atomic E-state index is -0.527. The van der Waals surface area contributed by atoms with Gasteiger partial charge in [-0.25, -0.2) is 0 Å². The Hall–Kier alpha value is -3.55. The summed E-state index contributed by atoms with van der Waals surface area (Å²) >= 11 is 5.96. The van der Waals surface area contributed by atoms with Gasteiger partial charge in [0.25, 0.3) is 5.91 Å².